The molecule has 2 aliphatic rings. The Morgan fingerprint density at radius 1 is 1.04 bits per heavy atom. The number of likely N-dealkylation sites (tertiary alicyclic amines) is 1. The number of pyridine rings is 1. The van der Waals surface area contributed by atoms with Crippen LogP contribution in [0.2, 0.25) is 5.02 Å². The first-order valence-electron chi connectivity index (χ1n) is 9.82. The molecular formula is C22H26ClN5. The highest BCUT2D eigenvalue weighted by molar-refractivity contribution is 6.32. The van der Waals surface area contributed by atoms with Crippen LogP contribution in [0.3, 0.4) is 0 Å². The molecule has 1 aromatic carbocycles. The van der Waals surface area contributed by atoms with Gasteiger partial charge in [-0.3, -0.25) is 0 Å². The minimum Gasteiger partial charge on any atom is -0.367 e. The molecule has 2 aromatic rings. The molecule has 3 heterocycles. The third-order valence-corrected chi connectivity index (χ3v) is 5.87. The first kappa shape index (κ1) is 19.1. The van der Waals surface area contributed by atoms with Crippen LogP contribution in [0.15, 0.2) is 40.5 Å². The SMILES string of the molecule is Cc1cc(NC2CCN(C)CC2)nc(C2=NN=C(c3ccc(C)c(Cl)c3)C2)c1. The minimum atomic E-state index is 0.477. The van der Waals surface area contributed by atoms with Crippen molar-refractivity contribution in [3.8, 4) is 0 Å². The summed E-state index contributed by atoms with van der Waals surface area (Å²) in [5.41, 5.74) is 6.00. The summed E-state index contributed by atoms with van der Waals surface area (Å²) in [7, 11) is 2.18. The molecule has 146 valence electrons. The van der Waals surface area contributed by atoms with Gasteiger partial charge >= 0.3 is 0 Å². The third-order valence-electron chi connectivity index (χ3n) is 5.47. The molecule has 0 amide bonds. The van der Waals surface area contributed by atoms with Gasteiger partial charge in [0.05, 0.1) is 17.1 Å². The minimum absolute atomic E-state index is 0.477. The fourth-order valence-electron chi connectivity index (χ4n) is 3.68. The van der Waals surface area contributed by atoms with Crippen molar-refractivity contribution < 1.29 is 0 Å². The van der Waals surface area contributed by atoms with E-state index in [2.05, 4.69) is 52.6 Å². The molecular weight excluding hydrogens is 370 g/mol. The highest BCUT2D eigenvalue weighted by Gasteiger charge is 2.20. The topological polar surface area (TPSA) is 52.9 Å². The van der Waals surface area contributed by atoms with Crippen molar-refractivity contribution >= 4 is 28.8 Å². The highest BCUT2D eigenvalue weighted by Crippen LogP contribution is 2.23. The molecule has 1 aromatic heterocycles. The molecule has 0 unspecified atom stereocenters. The molecule has 0 aliphatic carbocycles. The van der Waals surface area contributed by atoms with E-state index in [0.29, 0.717) is 12.5 Å². The number of halogens is 1. The molecule has 0 atom stereocenters. The zero-order chi connectivity index (χ0) is 19.7. The zero-order valence-electron chi connectivity index (χ0n) is 16.7. The summed E-state index contributed by atoms with van der Waals surface area (Å²) in [5, 5.41) is 13.2. The fourth-order valence-corrected chi connectivity index (χ4v) is 3.86. The van der Waals surface area contributed by atoms with Crippen molar-refractivity contribution in [1.82, 2.24) is 9.88 Å². The van der Waals surface area contributed by atoms with Crippen molar-refractivity contribution in [1.29, 1.82) is 0 Å². The molecule has 28 heavy (non-hydrogen) atoms. The summed E-state index contributed by atoms with van der Waals surface area (Å²) >= 11 is 6.27. The zero-order valence-corrected chi connectivity index (χ0v) is 17.4. The Balaban J connectivity index is 1.48. The molecule has 6 heteroatoms. The molecule has 1 fully saturated rings. The van der Waals surface area contributed by atoms with Gasteiger partial charge in [-0.2, -0.15) is 10.2 Å². The predicted octanol–water partition coefficient (Wildman–Crippen LogP) is 4.46. The van der Waals surface area contributed by atoms with Crippen molar-refractivity contribution in [2.24, 2.45) is 10.2 Å². The van der Waals surface area contributed by atoms with E-state index >= 15 is 0 Å². The molecule has 2 aliphatic heterocycles. The van der Waals surface area contributed by atoms with Crippen LogP contribution in [0.1, 0.15) is 41.6 Å². The number of nitrogens with zero attached hydrogens (tertiary/aromatic N) is 4. The van der Waals surface area contributed by atoms with Crippen LogP contribution >= 0.6 is 11.6 Å². The summed E-state index contributed by atoms with van der Waals surface area (Å²) in [4.78, 5) is 7.21. The number of hydrogen-bond acceptors (Lipinski definition) is 5. The lowest BCUT2D eigenvalue weighted by atomic mass is 10.0. The Morgan fingerprint density at radius 2 is 1.79 bits per heavy atom. The van der Waals surface area contributed by atoms with Crippen LogP contribution in [0.4, 0.5) is 5.82 Å². The lowest BCUT2D eigenvalue weighted by Gasteiger charge is -2.30. The van der Waals surface area contributed by atoms with Gasteiger partial charge in [0.2, 0.25) is 0 Å². The molecule has 1 saturated heterocycles. The molecule has 1 N–H and O–H groups in total. The Bertz CT molecular complexity index is 942. The monoisotopic (exact) mass is 395 g/mol. The van der Waals surface area contributed by atoms with Gasteiger partial charge in [-0.15, -0.1) is 0 Å². The number of piperidine rings is 1. The maximum Gasteiger partial charge on any atom is 0.127 e. The number of aromatic nitrogens is 1. The van der Waals surface area contributed by atoms with Crippen LogP contribution in [0.5, 0.6) is 0 Å². The van der Waals surface area contributed by atoms with E-state index in [4.69, 9.17) is 16.6 Å². The number of nitrogens with one attached hydrogen (secondary N) is 1. The van der Waals surface area contributed by atoms with Gasteiger partial charge in [-0.1, -0.05) is 23.7 Å². The number of aryl methyl sites for hydroxylation is 2. The third kappa shape index (κ3) is 4.26. The number of rotatable bonds is 4. The Labute approximate surface area is 171 Å². The van der Waals surface area contributed by atoms with E-state index in [1.165, 1.54) is 5.56 Å². The first-order chi connectivity index (χ1) is 13.5. The van der Waals surface area contributed by atoms with E-state index in [1.54, 1.807) is 0 Å². The normalized spacial score (nSPS) is 18.1. The molecule has 0 bridgehead atoms. The largest absolute Gasteiger partial charge is 0.367 e. The predicted molar refractivity (Wildman–Crippen MR) is 117 cm³/mol. The van der Waals surface area contributed by atoms with Gasteiger partial charge in [-0.05, 0) is 81.7 Å². The van der Waals surface area contributed by atoms with Crippen LogP contribution < -0.4 is 5.32 Å². The quantitative estimate of drug-likeness (QED) is 0.831. The van der Waals surface area contributed by atoms with Crippen LogP contribution in [0, 0.1) is 13.8 Å². The number of hydrogen-bond donors (Lipinski definition) is 1. The number of benzene rings is 1. The van der Waals surface area contributed by atoms with E-state index in [0.717, 1.165) is 65.0 Å². The average molecular weight is 396 g/mol. The van der Waals surface area contributed by atoms with Crippen molar-refractivity contribution in [2.75, 3.05) is 25.5 Å². The lowest BCUT2D eigenvalue weighted by Crippen LogP contribution is -2.36. The van der Waals surface area contributed by atoms with Crippen molar-refractivity contribution in [2.45, 2.75) is 39.2 Å². The maximum atomic E-state index is 6.27. The van der Waals surface area contributed by atoms with Crippen molar-refractivity contribution in [3.63, 3.8) is 0 Å². The van der Waals surface area contributed by atoms with E-state index in [9.17, 15) is 0 Å². The van der Waals surface area contributed by atoms with Gasteiger partial charge in [0.25, 0.3) is 0 Å². The second-order valence-corrected chi connectivity index (χ2v) is 8.28. The van der Waals surface area contributed by atoms with Crippen LogP contribution in [0.25, 0.3) is 0 Å². The second kappa shape index (κ2) is 8.02. The molecule has 5 nitrogen and oxygen atoms in total. The Morgan fingerprint density at radius 3 is 2.54 bits per heavy atom. The van der Waals surface area contributed by atoms with Gasteiger partial charge in [0.1, 0.15) is 5.82 Å². The summed E-state index contributed by atoms with van der Waals surface area (Å²) in [6.07, 6.45) is 2.96. The van der Waals surface area contributed by atoms with Gasteiger partial charge in [0.15, 0.2) is 0 Å². The number of anilines is 1. The summed E-state index contributed by atoms with van der Waals surface area (Å²) in [6, 6.07) is 10.7. The molecule has 0 spiro atoms. The Kier molecular flexibility index (Phi) is 5.47. The van der Waals surface area contributed by atoms with Gasteiger partial charge < -0.3 is 10.2 Å². The summed E-state index contributed by atoms with van der Waals surface area (Å²) in [5.74, 6) is 0.930. The summed E-state index contributed by atoms with van der Waals surface area (Å²) in [6.45, 7) is 6.35. The summed E-state index contributed by atoms with van der Waals surface area (Å²) < 4.78 is 0. The van der Waals surface area contributed by atoms with E-state index in [-0.39, 0.29) is 0 Å². The van der Waals surface area contributed by atoms with E-state index in [1.807, 2.05) is 19.1 Å². The smallest absolute Gasteiger partial charge is 0.127 e. The van der Waals surface area contributed by atoms with Gasteiger partial charge in [0, 0.05) is 17.5 Å². The molecule has 4 rings (SSSR count). The second-order valence-electron chi connectivity index (χ2n) is 7.87. The van der Waals surface area contributed by atoms with Crippen LogP contribution in [-0.4, -0.2) is 47.5 Å². The van der Waals surface area contributed by atoms with Crippen LogP contribution in [-0.2, 0) is 0 Å². The Hall–Kier alpha value is -2.24. The van der Waals surface area contributed by atoms with E-state index < -0.39 is 0 Å². The maximum absolute atomic E-state index is 6.27. The highest BCUT2D eigenvalue weighted by atomic mass is 35.5. The first-order valence-corrected chi connectivity index (χ1v) is 10.2. The molecule has 0 saturated carbocycles. The molecule has 0 radical (unpaired) electrons. The van der Waals surface area contributed by atoms with Crippen molar-refractivity contribution in [3.05, 3.63) is 57.7 Å². The average Bonchev–Trinajstić information content (AvgIpc) is 3.16. The fraction of sp³-hybridized carbons (Fsp3) is 0.409. The standard InChI is InChI=1S/C22H26ClN5/c1-14-10-20(25-22(11-14)24-17-6-8-28(3)9-7-17)21-13-19(26-27-21)16-5-4-15(2)18(23)12-16/h4-5,10-12,17H,6-9,13H2,1-3H3,(H,24,25). The van der Waals surface area contributed by atoms with Gasteiger partial charge in [-0.25, -0.2) is 4.98 Å². The lowest BCUT2D eigenvalue weighted by molar-refractivity contribution is 0.263.